The van der Waals surface area contributed by atoms with E-state index in [1.807, 2.05) is 35.0 Å². The van der Waals surface area contributed by atoms with Crippen molar-refractivity contribution >= 4 is 48.7 Å². The Hall–Kier alpha value is -1.91. The highest BCUT2D eigenvalue weighted by molar-refractivity contribution is 9.08. The van der Waals surface area contributed by atoms with Crippen LogP contribution in [0.1, 0.15) is 34.2 Å². The van der Waals surface area contributed by atoms with Gasteiger partial charge >= 0.3 is 5.97 Å². The summed E-state index contributed by atoms with van der Waals surface area (Å²) in [4.78, 5) is 12.5. The van der Waals surface area contributed by atoms with E-state index in [1.54, 1.807) is 11.4 Å². The van der Waals surface area contributed by atoms with Gasteiger partial charge in [-0.3, -0.25) is 0 Å². The van der Waals surface area contributed by atoms with Gasteiger partial charge in [-0.2, -0.15) is 5.26 Å². The van der Waals surface area contributed by atoms with Gasteiger partial charge in [-0.1, -0.05) is 48.5 Å². The molecule has 0 atom stereocenters. The minimum absolute atomic E-state index is 0.292. The van der Waals surface area contributed by atoms with Crippen LogP contribution in [0.5, 0.6) is 0 Å². The maximum absolute atomic E-state index is 12.5. The molecule has 5 nitrogen and oxygen atoms in total. The first-order valence-corrected chi connectivity index (χ1v) is 9.61. The Bertz CT molecular complexity index is 989. The molecule has 0 bridgehead atoms. The van der Waals surface area contributed by atoms with Crippen molar-refractivity contribution in [1.29, 1.82) is 5.26 Å². The third-order valence-corrected chi connectivity index (χ3v) is 4.96. The molecule has 2 aromatic heterocycles. The number of nitriles is 1. The van der Waals surface area contributed by atoms with Crippen LogP contribution in [0.2, 0.25) is 0 Å². The lowest BCUT2D eigenvalue weighted by atomic mass is 10.1. The van der Waals surface area contributed by atoms with E-state index in [1.165, 1.54) is 0 Å². The number of ether oxygens (including phenoxy) is 1. The monoisotopic (exact) mass is 450 g/mol. The van der Waals surface area contributed by atoms with Crippen molar-refractivity contribution in [2.75, 3.05) is 6.61 Å². The zero-order valence-electron chi connectivity index (χ0n) is 12.9. The molecule has 3 rings (SSSR count). The van der Waals surface area contributed by atoms with Gasteiger partial charge in [0.1, 0.15) is 11.8 Å². The molecule has 0 fully saturated rings. The average molecular weight is 452 g/mol. The van der Waals surface area contributed by atoms with Gasteiger partial charge in [0.05, 0.1) is 28.5 Å². The van der Waals surface area contributed by atoms with Crippen LogP contribution in [-0.2, 0) is 15.4 Å². The summed E-state index contributed by atoms with van der Waals surface area (Å²) in [6, 6.07) is 9.94. The smallest absolute Gasteiger partial charge is 0.361 e. The maximum atomic E-state index is 12.5. The number of fused-ring (bicyclic) bond motifs is 3. The number of nitrogens with zero attached hydrogens (tertiary/aromatic N) is 3. The molecule has 122 valence electrons. The summed E-state index contributed by atoms with van der Waals surface area (Å²) in [7, 11) is 0. The Labute approximate surface area is 155 Å². The second-order valence-corrected chi connectivity index (χ2v) is 6.22. The predicted octanol–water partition coefficient (Wildman–Crippen LogP) is 3.52. The predicted molar refractivity (Wildman–Crippen MR) is 96.5 cm³/mol. The van der Waals surface area contributed by atoms with Crippen molar-refractivity contribution in [3.8, 4) is 6.07 Å². The second kappa shape index (κ2) is 6.91. The normalized spacial score (nSPS) is 10.9. The third kappa shape index (κ3) is 2.50. The molecule has 0 aliphatic rings. The van der Waals surface area contributed by atoms with E-state index in [9.17, 15) is 10.1 Å². The molecule has 1 aromatic carbocycles. The molecule has 0 saturated heterocycles. The molecule has 0 aliphatic heterocycles. The number of carbonyl (C=O) groups excluding carboxylic acids is 1. The fraction of sp³-hybridized carbons (Fsp3) is 0.235. The number of benzene rings is 1. The Morgan fingerprint density at radius 1 is 1.33 bits per heavy atom. The topological polar surface area (TPSA) is 58.6 Å². The first-order chi connectivity index (χ1) is 11.7. The number of hydrogen-bond acceptors (Lipinski definition) is 3. The van der Waals surface area contributed by atoms with E-state index in [-0.39, 0.29) is 0 Å². The molecule has 0 amide bonds. The minimum atomic E-state index is -0.402. The van der Waals surface area contributed by atoms with E-state index in [0.717, 1.165) is 16.5 Å². The number of alkyl halides is 2. The number of carbonyl (C=O) groups is 1. The van der Waals surface area contributed by atoms with Crippen molar-refractivity contribution in [3.63, 3.8) is 0 Å². The van der Waals surface area contributed by atoms with Gasteiger partial charge in [0.25, 0.3) is 0 Å². The molecule has 0 aliphatic carbocycles. The van der Waals surface area contributed by atoms with Crippen molar-refractivity contribution < 1.29 is 14.0 Å². The summed E-state index contributed by atoms with van der Waals surface area (Å²) in [6.07, 6.45) is 1.90. The molecule has 0 spiro atoms. The minimum Gasteiger partial charge on any atom is -0.461 e. The molecule has 0 N–H and O–H groups in total. The van der Waals surface area contributed by atoms with E-state index in [0.29, 0.717) is 34.2 Å². The highest BCUT2D eigenvalue weighted by Crippen LogP contribution is 2.24. The van der Waals surface area contributed by atoms with Gasteiger partial charge in [0, 0.05) is 11.4 Å². The molecule has 0 radical (unpaired) electrons. The lowest BCUT2D eigenvalue weighted by Crippen LogP contribution is -2.33. The van der Waals surface area contributed by atoms with Crippen molar-refractivity contribution in [2.45, 2.75) is 17.6 Å². The molecule has 2 heterocycles. The van der Waals surface area contributed by atoms with Crippen LogP contribution in [0, 0.1) is 11.3 Å². The van der Waals surface area contributed by atoms with Gasteiger partial charge in [-0.25, -0.2) is 4.79 Å². The second-order valence-electron chi connectivity index (χ2n) is 5.10. The fourth-order valence-corrected chi connectivity index (χ4v) is 3.79. The quantitative estimate of drug-likeness (QED) is 0.346. The number of rotatable bonds is 4. The largest absolute Gasteiger partial charge is 0.461 e. The Balaban J connectivity index is 2.55. The molecule has 0 saturated carbocycles. The van der Waals surface area contributed by atoms with Crippen LogP contribution in [-0.4, -0.2) is 17.1 Å². The van der Waals surface area contributed by atoms with Crippen LogP contribution in [0.25, 0.3) is 10.9 Å². The zero-order valence-corrected chi connectivity index (χ0v) is 16.1. The molecular weight excluding hydrogens is 438 g/mol. The Morgan fingerprint density at radius 3 is 2.71 bits per heavy atom. The van der Waals surface area contributed by atoms with E-state index in [2.05, 4.69) is 37.9 Å². The van der Waals surface area contributed by atoms with Gasteiger partial charge < -0.3 is 4.74 Å². The number of para-hydroxylation sites is 1. The summed E-state index contributed by atoms with van der Waals surface area (Å²) in [5, 5.41) is 11.5. The molecule has 7 heteroatoms. The van der Waals surface area contributed by atoms with Gasteiger partial charge in [0.15, 0.2) is 5.69 Å². The van der Waals surface area contributed by atoms with Crippen LogP contribution >= 0.6 is 31.9 Å². The first kappa shape index (κ1) is 16.9. The van der Waals surface area contributed by atoms with Gasteiger partial charge in [0.2, 0.25) is 11.7 Å². The Kier molecular flexibility index (Phi) is 4.88. The molecular formula is C17H14Br2N3O2+. The SMILES string of the molecule is CCOC(=O)c1c(CBr)c[n+]2c3ccccc3c(C#N)c(CBr)n12. The number of halogens is 2. The van der Waals surface area contributed by atoms with Gasteiger partial charge in [-0.15, -0.1) is 4.52 Å². The average Bonchev–Trinajstić information content (AvgIpc) is 3.00. The molecule has 24 heavy (non-hydrogen) atoms. The lowest BCUT2D eigenvalue weighted by Gasteiger charge is -2.07. The van der Waals surface area contributed by atoms with E-state index < -0.39 is 5.97 Å². The van der Waals surface area contributed by atoms with Crippen molar-refractivity contribution in [2.24, 2.45) is 0 Å². The maximum Gasteiger partial charge on any atom is 0.361 e. The fourth-order valence-electron chi connectivity index (χ4n) is 2.86. The van der Waals surface area contributed by atoms with Crippen LogP contribution < -0.4 is 4.52 Å². The third-order valence-electron chi connectivity index (χ3n) is 3.83. The first-order valence-electron chi connectivity index (χ1n) is 7.36. The molecule has 0 unspecified atom stereocenters. The number of aromatic nitrogens is 2. The number of esters is 1. The highest BCUT2D eigenvalue weighted by atomic mass is 79.9. The summed E-state index contributed by atoms with van der Waals surface area (Å²) >= 11 is 6.90. The standard InChI is InChI=1S/C17H14Br2N3O2/c1-2-24-17(23)16-11(7-18)10-21-14-6-4-3-5-12(14)13(9-20)15(8-19)22(16)21/h3-6,10H,2,7-8H2,1H3/q+1. The van der Waals surface area contributed by atoms with Crippen molar-refractivity contribution in [1.82, 2.24) is 4.52 Å². The van der Waals surface area contributed by atoms with Crippen LogP contribution in [0.4, 0.5) is 0 Å². The summed E-state index contributed by atoms with van der Waals surface area (Å²) in [5.41, 5.74) is 3.36. The number of hydrogen-bond donors (Lipinski definition) is 0. The summed E-state index contributed by atoms with van der Waals surface area (Å²) in [5.74, 6) is -0.402. The lowest BCUT2D eigenvalue weighted by molar-refractivity contribution is -0.591. The Morgan fingerprint density at radius 2 is 2.08 bits per heavy atom. The summed E-state index contributed by atoms with van der Waals surface area (Å²) in [6.45, 7) is 2.07. The van der Waals surface area contributed by atoms with Gasteiger partial charge in [-0.05, 0) is 13.0 Å². The summed E-state index contributed by atoms with van der Waals surface area (Å²) < 4.78 is 8.90. The molecule has 3 aromatic rings. The van der Waals surface area contributed by atoms with Crippen molar-refractivity contribution in [3.05, 3.63) is 53.0 Å². The van der Waals surface area contributed by atoms with Crippen LogP contribution in [0.15, 0.2) is 30.5 Å². The van der Waals surface area contributed by atoms with E-state index >= 15 is 0 Å². The zero-order chi connectivity index (χ0) is 17.3. The van der Waals surface area contributed by atoms with Crippen LogP contribution in [0.3, 0.4) is 0 Å². The highest BCUT2D eigenvalue weighted by Gasteiger charge is 2.30. The van der Waals surface area contributed by atoms with E-state index in [4.69, 9.17) is 4.74 Å².